The average molecular weight is 300 g/mol. The van der Waals surface area contributed by atoms with E-state index in [2.05, 4.69) is 4.74 Å². The number of hydrogen-bond acceptors (Lipinski definition) is 3. The summed E-state index contributed by atoms with van der Waals surface area (Å²) in [6, 6.07) is 10.8. The zero-order valence-corrected chi connectivity index (χ0v) is 11.4. The van der Waals surface area contributed by atoms with E-state index >= 15 is 0 Å². The fraction of sp³-hybridized carbons (Fsp3) is 0.333. The van der Waals surface area contributed by atoms with Gasteiger partial charge in [0.1, 0.15) is 12.4 Å². The summed E-state index contributed by atoms with van der Waals surface area (Å²) in [4.78, 5) is 0. The van der Waals surface area contributed by atoms with Crippen LogP contribution in [0.15, 0.2) is 36.4 Å². The molecule has 0 saturated carbocycles. The molecule has 0 spiro atoms. The smallest absolute Gasteiger partial charge is 0.411 e. The third-order valence-electron chi connectivity index (χ3n) is 2.91. The summed E-state index contributed by atoms with van der Waals surface area (Å²) in [5.74, 6) is 0.338. The van der Waals surface area contributed by atoms with Gasteiger partial charge < -0.3 is 14.6 Å². The average Bonchev–Trinajstić information content (AvgIpc) is 2.42. The number of fused-ring (bicyclic) bond motifs is 1. The molecule has 114 valence electrons. The van der Waals surface area contributed by atoms with Crippen LogP contribution >= 0.6 is 0 Å². The van der Waals surface area contributed by atoms with E-state index in [4.69, 9.17) is 4.74 Å². The predicted molar refractivity (Wildman–Crippen MR) is 72.1 cm³/mol. The summed E-state index contributed by atoms with van der Waals surface area (Å²) in [7, 11) is 0. The van der Waals surface area contributed by atoms with Crippen LogP contribution in [0.1, 0.15) is 18.6 Å². The molecule has 0 aliphatic carbocycles. The van der Waals surface area contributed by atoms with Gasteiger partial charge in [0.05, 0.1) is 6.10 Å². The highest BCUT2D eigenvalue weighted by Gasteiger charge is 2.27. The molecule has 2 aromatic rings. The molecule has 0 fully saturated rings. The Bertz CT molecular complexity index is 609. The van der Waals surface area contributed by atoms with Gasteiger partial charge in [-0.15, -0.1) is 0 Å². The lowest BCUT2D eigenvalue weighted by molar-refractivity contribution is -0.186. The normalized spacial score (nSPS) is 13.4. The minimum atomic E-state index is -4.39. The van der Waals surface area contributed by atoms with Crippen molar-refractivity contribution in [2.45, 2.75) is 19.2 Å². The molecule has 0 saturated heterocycles. The van der Waals surface area contributed by atoms with Gasteiger partial charge in [-0.2, -0.15) is 13.2 Å². The van der Waals surface area contributed by atoms with Crippen LogP contribution in [-0.4, -0.2) is 24.7 Å². The van der Waals surface area contributed by atoms with Crippen molar-refractivity contribution in [3.8, 4) is 5.75 Å². The third kappa shape index (κ3) is 4.09. The van der Waals surface area contributed by atoms with E-state index in [1.807, 2.05) is 18.2 Å². The Labute approximate surface area is 119 Å². The molecule has 0 aliphatic rings. The van der Waals surface area contributed by atoms with Gasteiger partial charge in [-0.1, -0.05) is 36.4 Å². The van der Waals surface area contributed by atoms with Crippen molar-refractivity contribution in [3.63, 3.8) is 0 Å². The standard InChI is InChI=1S/C15H15F3O3/c1-10(19)12-7-6-11-4-2-3-5-13(11)14(12)21-9-20-8-15(16,17)18/h2-7,10,19H,8-9H2,1H3/t10-/m1/s1. The van der Waals surface area contributed by atoms with Crippen LogP contribution in [0.4, 0.5) is 13.2 Å². The second-order valence-electron chi connectivity index (χ2n) is 4.61. The third-order valence-corrected chi connectivity index (χ3v) is 2.91. The van der Waals surface area contributed by atoms with Gasteiger partial charge in [0.2, 0.25) is 0 Å². The van der Waals surface area contributed by atoms with Crippen LogP contribution in [0.3, 0.4) is 0 Å². The Morgan fingerprint density at radius 2 is 1.86 bits per heavy atom. The predicted octanol–water partition coefficient (Wildman–Crippen LogP) is 3.81. The Hall–Kier alpha value is -1.79. The van der Waals surface area contributed by atoms with Gasteiger partial charge in [0.15, 0.2) is 6.79 Å². The van der Waals surface area contributed by atoms with Crippen molar-refractivity contribution < 1.29 is 27.8 Å². The fourth-order valence-electron chi connectivity index (χ4n) is 2.01. The van der Waals surface area contributed by atoms with Gasteiger partial charge in [0.25, 0.3) is 0 Å². The summed E-state index contributed by atoms with van der Waals surface area (Å²) < 4.78 is 45.8. The molecule has 2 rings (SSSR count). The Morgan fingerprint density at radius 1 is 1.14 bits per heavy atom. The Balaban J connectivity index is 2.21. The Morgan fingerprint density at radius 3 is 2.52 bits per heavy atom. The van der Waals surface area contributed by atoms with E-state index in [-0.39, 0.29) is 0 Å². The minimum Gasteiger partial charge on any atom is -0.467 e. The number of alkyl halides is 3. The maximum absolute atomic E-state index is 12.0. The number of hydrogen-bond donors (Lipinski definition) is 1. The fourth-order valence-corrected chi connectivity index (χ4v) is 2.01. The first-order valence-corrected chi connectivity index (χ1v) is 6.35. The SMILES string of the molecule is C[C@@H](O)c1ccc2ccccc2c1OCOCC(F)(F)F. The zero-order valence-electron chi connectivity index (χ0n) is 11.4. The summed E-state index contributed by atoms with van der Waals surface area (Å²) in [6.07, 6.45) is -5.19. The van der Waals surface area contributed by atoms with Crippen LogP contribution in [-0.2, 0) is 4.74 Å². The number of ether oxygens (including phenoxy) is 2. The van der Waals surface area contributed by atoms with Crippen LogP contribution in [0.5, 0.6) is 5.75 Å². The van der Waals surface area contributed by atoms with Gasteiger partial charge in [0, 0.05) is 10.9 Å². The van der Waals surface area contributed by atoms with E-state index in [0.717, 1.165) is 5.39 Å². The molecule has 21 heavy (non-hydrogen) atoms. The number of halogens is 3. The summed E-state index contributed by atoms with van der Waals surface area (Å²) in [5, 5.41) is 11.3. The van der Waals surface area contributed by atoms with Crippen molar-refractivity contribution >= 4 is 10.8 Å². The molecule has 0 radical (unpaired) electrons. The second kappa shape index (κ2) is 6.32. The van der Waals surface area contributed by atoms with Gasteiger partial charge >= 0.3 is 6.18 Å². The number of rotatable bonds is 5. The first-order chi connectivity index (χ1) is 9.88. The number of aliphatic hydroxyl groups is 1. The van der Waals surface area contributed by atoms with E-state index < -0.39 is 25.7 Å². The van der Waals surface area contributed by atoms with Gasteiger partial charge in [-0.25, -0.2) is 0 Å². The molecular weight excluding hydrogens is 285 g/mol. The van der Waals surface area contributed by atoms with E-state index in [1.54, 1.807) is 25.1 Å². The van der Waals surface area contributed by atoms with E-state index in [0.29, 0.717) is 16.7 Å². The highest BCUT2D eigenvalue weighted by Crippen LogP contribution is 2.33. The molecule has 0 unspecified atom stereocenters. The van der Waals surface area contributed by atoms with Crippen LogP contribution in [0, 0.1) is 0 Å². The van der Waals surface area contributed by atoms with E-state index in [1.165, 1.54) is 0 Å². The van der Waals surface area contributed by atoms with Crippen LogP contribution in [0.25, 0.3) is 10.8 Å². The highest BCUT2D eigenvalue weighted by molar-refractivity contribution is 5.89. The van der Waals surface area contributed by atoms with Crippen molar-refractivity contribution in [2.24, 2.45) is 0 Å². The van der Waals surface area contributed by atoms with Crippen molar-refractivity contribution in [1.82, 2.24) is 0 Å². The number of benzene rings is 2. The van der Waals surface area contributed by atoms with Gasteiger partial charge in [-0.3, -0.25) is 0 Å². The Kier molecular flexibility index (Phi) is 4.69. The molecule has 6 heteroatoms. The van der Waals surface area contributed by atoms with Crippen molar-refractivity contribution in [3.05, 3.63) is 42.0 Å². The summed E-state index contributed by atoms with van der Waals surface area (Å²) in [6.45, 7) is -0.345. The topological polar surface area (TPSA) is 38.7 Å². The summed E-state index contributed by atoms with van der Waals surface area (Å²) in [5.41, 5.74) is 0.504. The monoisotopic (exact) mass is 300 g/mol. The molecule has 0 aromatic heterocycles. The van der Waals surface area contributed by atoms with E-state index in [9.17, 15) is 18.3 Å². The quantitative estimate of drug-likeness (QED) is 0.674. The second-order valence-corrected chi connectivity index (χ2v) is 4.61. The lowest BCUT2D eigenvalue weighted by Gasteiger charge is -2.16. The van der Waals surface area contributed by atoms with Crippen molar-refractivity contribution in [2.75, 3.05) is 13.4 Å². The summed E-state index contributed by atoms with van der Waals surface area (Å²) >= 11 is 0. The van der Waals surface area contributed by atoms with Gasteiger partial charge in [-0.05, 0) is 12.3 Å². The molecular formula is C15H15F3O3. The molecule has 0 bridgehead atoms. The van der Waals surface area contributed by atoms with Crippen LogP contribution in [0.2, 0.25) is 0 Å². The molecule has 0 heterocycles. The molecule has 1 N–H and O–H groups in total. The first kappa shape index (κ1) is 15.6. The lowest BCUT2D eigenvalue weighted by Crippen LogP contribution is -2.19. The maximum atomic E-state index is 12.0. The maximum Gasteiger partial charge on any atom is 0.411 e. The molecule has 0 aliphatic heterocycles. The lowest BCUT2D eigenvalue weighted by atomic mass is 10.0. The molecule has 1 atom stereocenters. The van der Waals surface area contributed by atoms with Crippen molar-refractivity contribution in [1.29, 1.82) is 0 Å². The number of aliphatic hydroxyl groups excluding tert-OH is 1. The first-order valence-electron chi connectivity index (χ1n) is 6.35. The highest BCUT2D eigenvalue weighted by atomic mass is 19.4. The minimum absolute atomic E-state index is 0.338. The molecule has 2 aromatic carbocycles. The van der Waals surface area contributed by atoms with Crippen LogP contribution < -0.4 is 4.74 Å². The molecule has 3 nitrogen and oxygen atoms in total. The zero-order chi connectivity index (χ0) is 15.5. The largest absolute Gasteiger partial charge is 0.467 e. The molecule has 0 amide bonds.